The minimum atomic E-state index is -4.18. The Labute approximate surface area is 136 Å². The van der Waals surface area contributed by atoms with Gasteiger partial charge in [0.15, 0.2) is 5.82 Å². The van der Waals surface area contributed by atoms with Crippen LogP contribution in [-0.2, 0) is 10.0 Å². The number of benzene rings is 1. The average molecular weight is 404 g/mol. The zero-order valence-corrected chi connectivity index (χ0v) is 14.7. The van der Waals surface area contributed by atoms with Gasteiger partial charge in [-0.1, -0.05) is 25.4 Å². The summed E-state index contributed by atoms with van der Waals surface area (Å²) in [6.45, 7) is 3.23. The zero-order chi connectivity index (χ0) is 16.4. The minimum Gasteiger partial charge on any atom is -0.395 e. The fourth-order valence-corrected chi connectivity index (χ4v) is 3.40. The summed E-state index contributed by atoms with van der Waals surface area (Å²) in [5.41, 5.74) is 3.90. The van der Waals surface area contributed by atoms with Crippen LogP contribution in [0.3, 0.4) is 0 Å². The van der Waals surface area contributed by atoms with Crippen molar-refractivity contribution in [3.63, 3.8) is 0 Å². The van der Waals surface area contributed by atoms with Gasteiger partial charge in [0.2, 0.25) is 10.0 Å². The van der Waals surface area contributed by atoms with Gasteiger partial charge >= 0.3 is 0 Å². The lowest BCUT2D eigenvalue weighted by atomic mass is 9.98. The lowest BCUT2D eigenvalue weighted by Gasteiger charge is -2.25. The molecule has 0 radical (unpaired) electrons. The van der Waals surface area contributed by atoms with Gasteiger partial charge in [-0.25, -0.2) is 17.5 Å². The lowest BCUT2D eigenvalue weighted by molar-refractivity contribution is 0.0377. The highest BCUT2D eigenvalue weighted by Gasteiger charge is 2.28. The summed E-state index contributed by atoms with van der Waals surface area (Å²) in [6.07, 6.45) is 0.718. The first-order valence-electron chi connectivity index (χ1n) is 6.23. The molecule has 1 rings (SSSR count). The monoisotopic (exact) mass is 402 g/mol. The molecule has 0 spiro atoms. The van der Waals surface area contributed by atoms with Gasteiger partial charge in [0.05, 0.1) is 20.8 Å². The topological polar surface area (TPSA) is 92.4 Å². The van der Waals surface area contributed by atoms with Crippen molar-refractivity contribution in [2.24, 2.45) is 0 Å². The minimum absolute atomic E-state index is 0.0180. The summed E-state index contributed by atoms with van der Waals surface area (Å²) < 4.78 is 40.6. The third kappa shape index (κ3) is 4.07. The predicted octanol–water partition coefficient (Wildman–Crippen LogP) is 2.65. The molecule has 1 aromatic carbocycles. The second kappa shape index (κ2) is 6.78. The molecule has 0 unspecified atom stereocenters. The highest BCUT2D eigenvalue weighted by atomic mass is 79.9. The van der Waals surface area contributed by atoms with Crippen molar-refractivity contribution in [3.8, 4) is 0 Å². The second-order valence-corrected chi connectivity index (χ2v) is 7.59. The molecule has 0 heterocycles. The van der Waals surface area contributed by atoms with Gasteiger partial charge in [-0.05, 0) is 34.8 Å². The van der Waals surface area contributed by atoms with Gasteiger partial charge < -0.3 is 10.8 Å². The Hall–Kier alpha value is -0.410. The van der Waals surface area contributed by atoms with E-state index in [1.165, 1.54) is 0 Å². The molecule has 0 fully saturated rings. The summed E-state index contributed by atoms with van der Waals surface area (Å²) in [7, 11) is -4.18. The van der Waals surface area contributed by atoms with Crippen LogP contribution < -0.4 is 10.5 Å². The van der Waals surface area contributed by atoms with E-state index in [0.717, 1.165) is 6.07 Å². The quantitative estimate of drug-likeness (QED) is 0.503. The van der Waals surface area contributed by atoms with E-state index in [0.29, 0.717) is 12.8 Å². The second-order valence-electron chi connectivity index (χ2n) is 4.65. The Bertz CT molecular complexity index is 636. The fourth-order valence-electron chi connectivity index (χ4n) is 1.60. The van der Waals surface area contributed by atoms with Crippen LogP contribution in [0.2, 0.25) is 5.02 Å². The van der Waals surface area contributed by atoms with E-state index in [1.54, 1.807) is 13.8 Å². The first kappa shape index (κ1) is 18.6. The van der Waals surface area contributed by atoms with E-state index in [9.17, 15) is 17.9 Å². The molecule has 5 nitrogen and oxygen atoms in total. The number of hydrogen-bond acceptors (Lipinski definition) is 4. The number of anilines is 1. The number of halogens is 3. The summed E-state index contributed by atoms with van der Waals surface area (Å²) in [5.74, 6) is -1.09. The number of hydrogen-bond donors (Lipinski definition) is 3. The Morgan fingerprint density at radius 3 is 2.48 bits per heavy atom. The normalized spacial score (nSPS) is 12.7. The number of rotatable bonds is 6. The predicted molar refractivity (Wildman–Crippen MR) is 84.2 cm³/mol. The molecule has 0 atom stereocenters. The van der Waals surface area contributed by atoms with Crippen molar-refractivity contribution in [1.82, 2.24) is 4.72 Å². The van der Waals surface area contributed by atoms with Crippen LogP contribution in [0.5, 0.6) is 0 Å². The van der Waals surface area contributed by atoms with Crippen LogP contribution in [0.15, 0.2) is 15.4 Å². The molecule has 0 aliphatic heterocycles. The molecule has 21 heavy (non-hydrogen) atoms. The smallest absolute Gasteiger partial charge is 0.243 e. The van der Waals surface area contributed by atoms with E-state index >= 15 is 0 Å². The standard InChI is InChI=1S/C12H17BrClFN2O3S/c1-3-12(18,4-2)6-17-21(19,20)8-5-7(14)9(13)11(16)10(8)15/h5,17-18H,3-4,6,16H2,1-2H3. The Morgan fingerprint density at radius 1 is 1.48 bits per heavy atom. The summed E-state index contributed by atoms with van der Waals surface area (Å²) in [5, 5.41) is 10.1. The molecule has 0 saturated carbocycles. The molecule has 0 bridgehead atoms. The van der Waals surface area contributed by atoms with Crippen molar-refractivity contribution < 1.29 is 17.9 Å². The van der Waals surface area contributed by atoms with Crippen LogP contribution >= 0.6 is 27.5 Å². The molecular formula is C12H17BrClFN2O3S. The van der Waals surface area contributed by atoms with Crippen molar-refractivity contribution in [2.45, 2.75) is 37.2 Å². The lowest BCUT2D eigenvalue weighted by Crippen LogP contribution is -2.42. The van der Waals surface area contributed by atoms with Crippen LogP contribution in [0, 0.1) is 5.82 Å². The number of aliphatic hydroxyl groups is 1. The fraction of sp³-hybridized carbons (Fsp3) is 0.500. The summed E-state index contributed by atoms with van der Waals surface area (Å²) in [6, 6.07) is 0.969. The van der Waals surface area contributed by atoms with Crippen molar-refractivity contribution >= 4 is 43.2 Å². The molecule has 9 heteroatoms. The number of nitrogens with two attached hydrogens (primary N) is 1. The summed E-state index contributed by atoms with van der Waals surface area (Å²) >= 11 is 8.78. The number of nitrogen functional groups attached to an aromatic ring is 1. The molecule has 0 saturated heterocycles. The summed E-state index contributed by atoms with van der Waals surface area (Å²) in [4.78, 5) is -0.650. The van der Waals surface area contributed by atoms with Gasteiger partial charge in [0, 0.05) is 6.54 Å². The maximum atomic E-state index is 14.0. The van der Waals surface area contributed by atoms with Crippen LogP contribution in [0.25, 0.3) is 0 Å². The molecule has 0 aliphatic rings. The molecule has 120 valence electrons. The number of sulfonamides is 1. The highest BCUT2D eigenvalue weighted by molar-refractivity contribution is 9.10. The van der Waals surface area contributed by atoms with Gasteiger partial charge in [0.25, 0.3) is 0 Å². The van der Waals surface area contributed by atoms with E-state index < -0.39 is 26.3 Å². The Balaban J connectivity index is 3.16. The van der Waals surface area contributed by atoms with Gasteiger partial charge in [0.1, 0.15) is 4.90 Å². The molecule has 1 aromatic rings. The van der Waals surface area contributed by atoms with Crippen molar-refractivity contribution in [3.05, 3.63) is 21.4 Å². The van der Waals surface area contributed by atoms with E-state index in [2.05, 4.69) is 20.7 Å². The molecule has 0 aliphatic carbocycles. The zero-order valence-electron chi connectivity index (χ0n) is 11.6. The highest BCUT2D eigenvalue weighted by Crippen LogP contribution is 2.34. The first-order valence-corrected chi connectivity index (χ1v) is 8.88. The average Bonchev–Trinajstić information content (AvgIpc) is 2.46. The first-order chi connectivity index (χ1) is 9.58. The third-order valence-electron chi connectivity index (χ3n) is 3.35. The molecule has 0 amide bonds. The molecule has 0 aromatic heterocycles. The molecule has 4 N–H and O–H groups in total. The SMILES string of the molecule is CCC(O)(CC)CNS(=O)(=O)c1cc(Cl)c(Br)c(N)c1F. The van der Waals surface area contributed by atoms with Gasteiger partial charge in [-0.2, -0.15) is 0 Å². The molecular weight excluding hydrogens is 387 g/mol. The van der Waals surface area contributed by atoms with E-state index in [1.807, 2.05) is 0 Å². The number of nitrogens with one attached hydrogen (secondary N) is 1. The van der Waals surface area contributed by atoms with Gasteiger partial charge in [-0.15, -0.1) is 0 Å². The van der Waals surface area contributed by atoms with Crippen LogP contribution in [0.4, 0.5) is 10.1 Å². The van der Waals surface area contributed by atoms with E-state index in [-0.39, 0.29) is 21.7 Å². The third-order valence-corrected chi connectivity index (χ3v) is 6.13. The Kier molecular flexibility index (Phi) is 6.02. The van der Waals surface area contributed by atoms with Crippen LogP contribution in [0.1, 0.15) is 26.7 Å². The van der Waals surface area contributed by atoms with Gasteiger partial charge in [-0.3, -0.25) is 0 Å². The largest absolute Gasteiger partial charge is 0.395 e. The Morgan fingerprint density at radius 2 is 2.00 bits per heavy atom. The maximum Gasteiger partial charge on any atom is 0.243 e. The van der Waals surface area contributed by atoms with Crippen LogP contribution in [-0.4, -0.2) is 25.7 Å². The van der Waals surface area contributed by atoms with Crippen molar-refractivity contribution in [2.75, 3.05) is 12.3 Å². The maximum absolute atomic E-state index is 14.0. The van der Waals surface area contributed by atoms with Crippen molar-refractivity contribution in [1.29, 1.82) is 0 Å². The van der Waals surface area contributed by atoms with E-state index in [4.69, 9.17) is 17.3 Å².